The first-order valence-electron chi connectivity index (χ1n) is 12.8. The zero-order valence-corrected chi connectivity index (χ0v) is 21.6. The molecule has 1 aliphatic rings. The van der Waals surface area contributed by atoms with Gasteiger partial charge in [0.2, 0.25) is 11.8 Å². The first-order valence-corrected chi connectivity index (χ1v) is 12.8. The molecule has 0 fully saturated rings. The summed E-state index contributed by atoms with van der Waals surface area (Å²) in [6.07, 6.45) is 1.20. The highest BCUT2D eigenvalue weighted by Gasteiger charge is 2.22. The molecule has 0 atom stereocenters. The Morgan fingerprint density at radius 3 is 2.61 bits per heavy atom. The van der Waals surface area contributed by atoms with Crippen molar-refractivity contribution in [3.63, 3.8) is 0 Å². The van der Waals surface area contributed by atoms with Gasteiger partial charge in [0.1, 0.15) is 19.0 Å². The molecule has 2 heterocycles. The van der Waals surface area contributed by atoms with Gasteiger partial charge in [-0.1, -0.05) is 44.2 Å². The van der Waals surface area contributed by atoms with E-state index in [2.05, 4.69) is 30.2 Å². The van der Waals surface area contributed by atoms with Gasteiger partial charge in [-0.05, 0) is 36.1 Å². The summed E-state index contributed by atoms with van der Waals surface area (Å²) >= 11 is 0. The van der Waals surface area contributed by atoms with Gasteiger partial charge < -0.3 is 24.4 Å². The molecule has 3 aromatic rings. The van der Waals surface area contributed by atoms with E-state index in [4.69, 9.17) is 4.74 Å². The van der Waals surface area contributed by atoms with Crippen molar-refractivity contribution in [3.8, 4) is 0 Å². The highest BCUT2D eigenvalue weighted by molar-refractivity contribution is 5.94. The quantitative estimate of drug-likeness (QED) is 0.571. The third-order valence-corrected chi connectivity index (χ3v) is 6.54. The Labute approximate surface area is 213 Å². The molecule has 0 saturated carbocycles. The number of aryl methyl sites for hydroxylation is 1. The number of amides is 2. The summed E-state index contributed by atoms with van der Waals surface area (Å²) < 4.78 is 7.79. The van der Waals surface area contributed by atoms with E-state index in [1.54, 1.807) is 0 Å². The van der Waals surface area contributed by atoms with Crippen LogP contribution in [0.25, 0.3) is 11.0 Å². The zero-order chi connectivity index (χ0) is 25.5. The normalized spacial score (nSPS) is 15.1. The monoisotopic (exact) mass is 491 g/mol. The fourth-order valence-electron chi connectivity index (χ4n) is 4.63. The van der Waals surface area contributed by atoms with Crippen LogP contribution in [0.15, 0.2) is 48.5 Å². The molecule has 0 unspecified atom stereocenters. The molecule has 0 bridgehead atoms. The number of aromatic nitrogens is 2. The van der Waals surface area contributed by atoms with Gasteiger partial charge in [-0.15, -0.1) is 0 Å². The van der Waals surface area contributed by atoms with E-state index in [-0.39, 0.29) is 30.9 Å². The number of hydrogen-bond acceptors (Lipinski definition) is 5. The van der Waals surface area contributed by atoms with E-state index < -0.39 is 0 Å². The van der Waals surface area contributed by atoms with E-state index in [0.717, 1.165) is 28.1 Å². The van der Waals surface area contributed by atoms with E-state index in [1.165, 1.54) is 0 Å². The Hall–Kier alpha value is -3.23. The summed E-state index contributed by atoms with van der Waals surface area (Å²) in [6, 6.07) is 16.0. The second-order valence-corrected chi connectivity index (χ2v) is 9.75. The maximum Gasteiger partial charge on any atom is 0.248 e. The Bertz CT molecular complexity index is 1190. The molecule has 36 heavy (non-hydrogen) atoms. The van der Waals surface area contributed by atoms with Gasteiger partial charge in [0.05, 0.1) is 11.0 Å². The highest BCUT2D eigenvalue weighted by atomic mass is 16.5. The van der Waals surface area contributed by atoms with Crippen LogP contribution in [0.1, 0.15) is 38.1 Å². The number of nitrogens with one attached hydrogen (secondary N) is 1. The molecule has 4 rings (SSSR count). The fraction of sp³-hybridized carbons (Fsp3) is 0.464. The molecule has 192 valence electrons. The number of nitrogens with zero attached hydrogens (tertiary/aromatic N) is 4. The number of imidazole rings is 1. The average Bonchev–Trinajstić information content (AvgIpc) is 3.16. The second-order valence-electron chi connectivity index (χ2n) is 9.75. The lowest BCUT2D eigenvalue weighted by molar-refractivity contribution is -0.136. The minimum atomic E-state index is -0.0487. The van der Waals surface area contributed by atoms with E-state index >= 15 is 0 Å². The largest absolute Gasteiger partial charge is 0.364 e. The molecule has 2 aromatic carbocycles. The summed E-state index contributed by atoms with van der Waals surface area (Å²) in [7, 11) is 1.96. The molecular formula is C28H37N5O3. The van der Waals surface area contributed by atoms with Gasteiger partial charge in [-0.3, -0.25) is 9.59 Å². The maximum atomic E-state index is 13.1. The SMILES string of the molecule is CC(C)CC(=O)N1CCCN(C(=O)COCc2nc3ccccc3n2C)CCNCc2ccccc21. The van der Waals surface area contributed by atoms with E-state index in [9.17, 15) is 9.59 Å². The van der Waals surface area contributed by atoms with Gasteiger partial charge in [-0.25, -0.2) is 4.98 Å². The van der Waals surface area contributed by atoms with Gasteiger partial charge >= 0.3 is 0 Å². The number of carbonyl (C=O) groups is 2. The molecule has 0 radical (unpaired) electrons. The van der Waals surface area contributed by atoms with Crippen molar-refractivity contribution in [1.82, 2.24) is 19.8 Å². The van der Waals surface area contributed by atoms with Crippen LogP contribution in [0.3, 0.4) is 0 Å². The van der Waals surface area contributed by atoms with Crippen LogP contribution < -0.4 is 10.2 Å². The van der Waals surface area contributed by atoms with Crippen LogP contribution in [-0.2, 0) is 34.5 Å². The van der Waals surface area contributed by atoms with Gasteiger partial charge in [-0.2, -0.15) is 0 Å². The minimum Gasteiger partial charge on any atom is -0.364 e. The Morgan fingerprint density at radius 1 is 1.03 bits per heavy atom. The maximum absolute atomic E-state index is 13.1. The number of ether oxygens (including phenoxy) is 1. The predicted octanol–water partition coefficient (Wildman–Crippen LogP) is 3.49. The van der Waals surface area contributed by atoms with Gasteiger partial charge in [0.15, 0.2) is 0 Å². The van der Waals surface area contributed by atoms with Crippen LogP contribution in [-0.4, -0.2) is 59.1 Å². The number of fused-ring (bicyclic) bond motifs is 2. The molecule has 0 spiro atoms. The van der Waals surface area contributed by atoms with Crippen LogP contribution in [0.5, 0.6) is 0 Å². The van der Waals surface area contributed by atoms with Crippen LogP contribution in [0, 0.1) is 5.92 Å². The molecular weight excluding hydrogens is 454 g/mol. The van der Waals surface area contributed by atoms with Gasteiger partial charge in [0.25, 0.3) is 0 Å². The highest BCUT2D eigenvalue weighted by Crippen LogP contribution is 2.23. The second kappa shape index (κ2) is 12.1. The number of hydrogen-bond donors (Lipinski definition) is 1. The number of anilines is 1. The zero-order valence-electron chi connectivity index (χ0n) is 21.6. The molecule has 8 nitrogen and oxygen atoms in total. The van der Waals surface area contributed by atoms with Crippen molar-refractivity contribution >= 4 is 28.5 Å². The van der Waals surface area contributed by atoms with Crippen LogP contribution in [0.2, 0.25) is 0 Å². The summed E-state index contributed by atoms with van der Waals surface area (Å²) in [6.45, 7) is 7.46. The molecule has 0 saturated heterocycles. The van der Waals surface area contributed by atoms with E-state index in [1.807, 2.05) is 63.9 Å². The lowest BCUT2D eigenvalue weighted by atomic mass is 10.1. The van der Waals surface area contributed by atoms with Crippen LogP contribution in [0.4, 0.5) is 5.69 Å². The lowest BCUT2D eigenvalue weighted by Crippen LogP contribution is -2.40. The Morgan fingerprint density at radius 2 is 1.81 bits per heavy atom. The molecule has 1 N–H and O–H groups in total. The first-order chi connectivity index (χ1) is 17.4. The standard InChI is InChI=1S/C28H37N5O3/c1-21(2)17-27(34)33-15-8-14-32(16-13-29-18-22-9-4-6-11-24(22)33)28(35)20-36-19-26-30-23-10-5-7-12-25(23)31(26)3/h4-7,9-12,21,29H,8,13-20H2,1-3H3. The Balaban J connectivity index is 1.38. The Kier molecular flexibility index (Phi) is 8.72. The number of benzene rings is 2. The van der Waals surface area contributed by atoms with Crippen molar-refractivity contribution in [3.05, 3.63) is 59.9 Å². The summed E-state index contributed by atoms with van der Waals surface area (Å²) in [5.74, 6) is 1.15. The summed E-state index contributed by atoms with van der Waals surface area (Å²) in [4.78, 5) is 34.5. The molecule has 2 amide bonds. The van der Waals surface area contributed by atoms with E-state index in [0.29, 0.717) is 45.6 Å². The number of rotatable bonds is 6. The van der Waals surface area contributed by atoms with Crippen molar-refractivity contribution in [2.45, 2.75) is 39.8 Å². The van der Waals surface area contributed by atoms with Crippen molar-refractivity contribution in [1.29, 1.82) is 0 Å². The number of carbonyl (C=O) groups excluding carboxylic acids is 2. The van der Waals surface area contributed by atoms with Crippen LogP contribution >= 0.6 is 0 Å². The molecule has 0 aliphatic carbocycles. The van der Waals surface area contributed by atoms with Crippen molar-refractivity contribution in [2.75, 3.05) is 37.7 Å². The van der Waals surface area contributed by atoms with Crippen molar-refractivity contribution in [2.24, 2.45) is 13.0 Å². The molecule has 1 aliphatic heterocycles. The third kappa shape index (κ3) is 6.30. The summed E-state index contributed by atoms with van der Waals surface area (Å²) in [5, 5.41) is 3.44. The molecule has 1 aromatic heterocycles. The number of para-hydroxylation sites is 3. The fourth-order valence-corrected chi connectivity index (χ4v) is 4.63. The first kappa shape index (κ1) is 25.9. The van der Waals surface area contributed by atoms with Crippen molar-refractivity contribution < 1.29 is 14.3 Å². The predicted molar refractivity (Wildman–Crippen MR) is 142 cm³/mol. The third-order valence-electron chi connectivity index (χ3n) is 6.54. The summed E-state index contributed by atoms with van der Waals surface area (Å²) in [5.41, 5.74) is 4.01. The molecule has 8 heteroatoms. The topological polar surface area (TPSA) is 79.7 Å². The average molecular weight is 492 g/mol. The smallest absolute Gasteiger partial charge is 0.248 e. The van der Waals surface area contributed by atoms with Gasteiger partial charge in [0, 0.05) is 51.9 Å². The minimum absolute atomic E-state index is 0.000570. The lowest BCUT2D eigenvalue weighted by Gasteiger charge is -2.27.